The second-order valence-corrected chi connectivity index (χ2v) is 7.42. The van der Waals surface area contributed by atoms with Crippen LogP contribution in [0.3, 0.4) is 0 Å². The molecule has 0 amide bonds. The van der Waals surface area contributed by atoms with E-state index < -0.39 is 0 Å². The lowest BCUT2D eigenvalue weighted by atomic mass is 10.0. The van der Waals surface area contributed by atoms with Gasteiger partial charge in [-0.25, -0.2) is 0 Å². The zero-order valence-electron chi connectivity index (χ0n) is 18.2. The summed E-state index contributed by atoms with van der Waals surface area (Å²) in [6.45, 7) is 9.70. The molecule has 1 unspecified atom stereocenters. The molecule has 1 fully saturated rings. The first-order valence-electron chi connectivity index (χ1n) is 9.94. The van der Waals surface area contributed by atoms with Gasteiger partial charge in [-0.1, -0.05) is 13.8 Å². The summed E-state index contributed by atoms with van der Waals surface area (Å²) in [6, 6.07) is 6.35. The van der Waals surface area contributed by atoms with E-state index in [-0.39, 0.29) is 0 Å². The Balaban J connectivity index is 2.00. The van der Waals surface area contributed by atoms with Crippen LogP contribution in [0.15, 0.2) is 23.2 Å². The second kappa shape index (κ2) is 11.1. The molecule has 7 heteroatoms. The number of ether oxygens (including phenoxy) is 3. The van der Waals surface area contributed by atoms with Gasteiger partial charge in [0, 0.05) is 57.9 Å². The van der Waals surface area contributed by atoms with E-state index >= 15 is 0 Å². The van der Waals surface area contributed by atoms with Crippen LogP contribution in [-0.2, 0) is 11.3 Å². The molecule has 7 nitrogen and oxygen atoms in total. The zero-order valence-corrected chi connectivity index (χ0v) is 18.2. The van der Waals surface area contributed by atoms with Gasteiger partial charge in [0.15, 0.2) is 5.96 Å². The number of benzene rings is 1. The van der Waals surface area contributed by atoms with E-state index in [1.54, 1.807) is 14.2 Å². The maximum atomic E-state index is 5.53. The molecular weight excluding hydrogens is 356 g/mol. The maximum Gasteiger partial charge on any atom is 0.193 e. The van der Waals surface area contributed by atoms with Gasteiger partial charge in [0.25, 0.3) is 0 Å². The molecule has 0 bridgehead atoms. The quantitative estimate of drug-likeness (QED) is 0.540. The highest BCUT2D eigenvalue weighted by molar-refractivity contribution is 5.79. The topological polar surface area (TPSA) is 58.6 Å². The molecule has 1 aromatic carbocycles. The Bertz CT molecular complexity index is 630. The molecule has 1 atom stereocenters. The predicted octanol–water partition coefficient (Wildman–Crippen LogP) is 2.07. The average molecular weight is 393 g/mol. The number of nitrogens with zero attached hydrogens (tertiary/aromatic N) is 3. The molecule has 0 radical (unpaired) electrons. The third-order valence-electron chi connectivity index (χ3n) is 5.23. The molecule has 28 heavy (non-hydrogen) atoms. The predicted molar refractivity (Wildman–Crippen MR) is 113 cm³/mol. The standard InChI is InChI=1S/C21H36N4O3/c1-16(2)19(25-9-11-28-12-10-25)14-23-21(22-3)24(4)15-17-7-8-18(26-5)13-20(17)27-6/h7-8,13,16,19H,9-12,14-15H2,1-6H3,(H,22,23). The van der Waals surface area contributed by atoms with E-state index in [9.17, 15) is 0 Å². The van der Waals surface area contributed by atoms with Crippen LogP contribution in [0.4, 0.5) is 0 Å². The van der Waals surface area contributed by atoms with Crippen LogP contribution < -0.4 is 14.8 Å². The number of aliphatic imine (C=N–C) groups is 1. The summed E-state index contributed by atoms with van der Waals surface area (Å²) >= 11 is 0. The van der Waals surface area contributed by atoms with Gasteiger partial charge in [0.05, 0.1) is 27.4 Å². The molecular formula is C21H36N4O3. The van der Waals surface area contributed by atoms with Crippen molar-refractivity contribution in [2.45, 2.75) is 26.4 Å². The Morgan fingerprint density at radius 3 is 2.54 bits per heavy atom. The molecule has 1 saturated heterocycles. The monoisotopic (exact) mass is 392 g/mol. The van der Waals surface area contributed by atoms with Crippen molar-refractivity contribution in [2.24, 2.45) is 10.9 Å². The van der Waals surface area contributed by atoms with Gasteiger partial charge in [-0.2, -0.15) is 0 Å². The van der Waals surface area contributed by atoms with Crippen molar-refractivity contribution in [3.63, 3.8) is 0 Å². The smallest absolute Gasteiger partial charge is 0.193 e. The largest absolute Gasteiger partial charge is 0.497 e. The van der Waals surface area contributed by atoms with E-state index in [1.807, 2.05) is 32.3 Å². The third kappa shape index (κ3) is 6.01. The van der Waals surface area contributed by atoms with Crippen LogP contribution in [0, 0.1) is 5.92 Å². The number of nitrogens with one attached hydrogen (secondary N) is 1. The number of rotatable bonds is 8. The molecule has 1 aliphatic rings. The highest BCUT2D eigenvalue weighted by atomic mass is 16.5. The first-order valence-corrected chi connectivity index (χ1v) is 9.94. The SMILES string of the molecule is CN=C(NCC(C(C)C)N1CCOCC1)N(C)Cc1ccc(OC)cc1OC. The zero-order chi connectivity index (χ0) is 20.5. The molecule has 1 aliphatic heterocycles. The van der Waals surface area contributed by atoms with Gasteiger partial charge < -0.3 is 24.4 Å². The van der Waals surface area contributed by atoms with Gasteiger partial charge in [0.1, 0.15) is 11.5 Å². The van der Waals surface area contributed by atoms with Crippen molar-refractivity contribution < 1.29 is 14.2 Å². The Kier molecular flexibility index (Phi) is 8.86. The molecule has 1 N–H and O–H groups in total. The molecule has 1 aromatic rings. The molecule has 0 aromatic heterocycles. The minimum atomic E-state index is 0.449. The van der Waals surface area contributed by atoms with Crippen molar-refractivity contribution in [1.29, 1.82) is 0 Å². The van der Waals surface area contributed by atoms with E-state index in [4.69, 9.17) is 14.2 Å². The van der Waals surface area contributed by atoms with Gasteiger partial charge >= 0.3 is 0 Å². The highest BCUT2D eigenvalue weighted by Crippen LogP contribution is 2.25. The van der Waals surface area contributed by atoms with Gasteiger partial charge in [-0.3, -0.25) is 9.89 Å². The summed E-state index contributed by atoms with van der Waals surface area (Å²) in [4.78, 5) is 9.10. The fraction of sp³-hybridized carbons (Fsp3) is 0.667. The van der Waals surface area contributed by atoms with Crippen molar-refractivity contribution >= 4 is 5.96 Å². The van der Waals surface area contributed by atoms with E-state index in [2.05, 4.69) is 34.0 Å². The fourth-order valence-electron chi connectivity index (χ4n) is 3.59. The number of morpholine rings is 1. The molecule has 0 aliphatic carbocycles. The van der Waals surface area contributed by atoms with Crippen LogP contribution in [0.1, 0.15) is 19.4 Å². The molecule has 1 heterocycles. The highest BCUT2D eigenvalue weighted by Gasteiger charge is 2.24. The third-order valence-corrected chi connectivity index (χ3v) is 5.23. The number of methoxy groups -OCH3 is 2. The lowest BCUT2D eigenvalue weighted by Gasteiger charge is -2.37. The van der Waals surface area contributed by atoms with Crippen molar-refractivity contribution in [3.8, 4) is 11.5 Å². The van der Waals surface area contributed by atoms with Crippen LogP contribution in [-0.4, -0.2) is 83.0 Å². The van der Waals surface area contributed by atoms with Crippen LogP contribution in [0.25, 0.3) is 0 Å². The van der Waals surface area contributed by atoms with Crippen LogP contribution >= 0.6 is 0 Å². The number of hydrogen-bond donors (Lipinski definition) is 1. The minimum absolute atomic E-state index is 0.449. The Hall–Kier alpha value is -1.99. The minimum Gasteiger partial charge on any atom is -0.497 e. The van der Waals surface area contributed by atoms with E-state index in [1.165, 1.54) is 0 Å². The summed E-state index contributed by atoms with van der Waals surface area (Å²) in [5.74, 6) is 3.03. The van der Waals surface area contributed by atoms with Crippen molar-refractivity contribution in [3.05, 3.63) is 23.8 Å². The molecule has 2 rings (SSSR count). The molecule has 0 saturated carbocycles. The Labute approximate surface area is 169 Å². The van der Waals surface area contributed by atoms with E-state index in [0.717, 1.165) is 55.9 Å². The Morgan fingerprint density at radius 1 is 1.25 bits per heavy atom. The molecule has 0 spiro atoms. The van der Waals surface area contributed by atoms with Gasteiger partial charge in [0.2, 0.25) is 0 Å². The first-order chi connectivity index (χ1) is 13.5. The number of hydrogen-bond acceptors (Lipinski definition) is 5. The molecule has 158 valence electrons. The summed E-state index contributed by atoms with van der Waals surface area (Å²) < 4.78 is 16.3. The lowest BCUT2D eigenvalue weighted by molar-refractivity contribution is 0.00741. The lowest BCUT2D eigenvalue weighted by Crippen LogP contribution is -2.52. The second-order valence-electron chi connectivity index (χ2n) is 7.42. The average Bonchev–Trinajstić information content (AvgIpc) is 2.71. The summed E-state index contributed by atoms with van der Waals surface area (Å²) in [7, 11) is 7.20. The summed E-state index contributed by atoms with van der Waals surface area (Å²) in [6.07, 6.45) is 0. The maximum absolute atomic E-state index is 5.53. The number of guanidine groups is 1. The fourth-order valence-corrected chi connectivity index (χ4v) is 3.59. The summed E-state index contributed by atoms with van der Waals surface area (Å²) in [5.41, 5.74) is 1.09. The normalized spacial score (nSPS) is 16.8. The van der Waals surface area contributed by atoms with E-state index in [0.29, 0.717) is 18.5 Å². The van der Waals surface area contributed by atoms with Crippen LogP contribution in [0.5, 0.6) is 11.5 Å². The van der Waals surface area contributed by atoms with Crippen molar-refractivity contribution in [2.75, 3.05) is 61.2 Å². The van der Waals surface area contributed by atoms with Gasteiger partial charge in [-0.15, -0.1) is 0 Å². The summed E-state index contributed by atoms with van der Waals surface area (Å²) in [5, 5.41) is 3.56. The first kappa shape index (κ1) is 22.3. The van der Waals surface area contributed by atoms with Crippen LogP contribution in [0.2, 0.25) is 0 Å². The Morgan fingerprint density at radius 2 is 1.96 bits per heavy atom. The van der Waals surface area contributed by atoms with Crippen molar-refractivity contribution in [1.82, 2.24) is 15.1 Å². The van der Waals surface area contributed by atoms with Gasteiger partial charge in [-0.05, 0) is 18.1 Å².